The number of rotatable bonds is 7. The topological polar surface area (TPSA) is 82.1 Å². The number of nitrogens with zero attached hydrogens (tertiary/aromatic N) is 5. The Balaban J connectivity index is 1.20. The lowest BCUT2D eigenvalue weighted by atomic mass is 10.1. The number of nitrogens with one attached hydrogen (secondary N) is 2. The maximum absolute atomic E-state index is 14.0. The quantitative estimate of drug-likeness (QED) is 0.328. The van der Waals surface area contributed by atoms with Gasteiger partial charge in [-0.25, -0.2) is 23.1 Å². The third kappa shape index (κ3) is 5.21. The third-order valence-electron chi connectivity index (χ3n) is 7.79. The van der Waals surface area contributed by atoms with Crippen LogP contribution < -0.4 is 10.2 Å². The smallest absolute Gasteiger partial charge is 0.273 e. The summed E-state index contributed by atoms with van der Waals surface area (Å²) >= 11 is 0. The highest BCUT2D eigenvalue weighted by Crippen LogP contribution is 2.33. The van der Waals surface area contributed by atoms with Crippen molar-refractivity contribution < 1.29 is 18.0 Å². The van der Waals surface area contributed by atoms with Crippen LogP contribution in [-0.4, -0.2) is 68.5 Å². The van der Waals surface area contributed by atoms with Crippen molar-refractivity contribution in [3.63, 3.8) is 0 Å². The van der Waals surface area contributed by atoms with Gasteiger partial charge in [0.2, 0.25) is 0 Å². The summed E-state index contributed by atoms with van der Waals surface area (Å²) in [5.74, 6) is -3.66. The second-order valence-electron chi connectivity index (χ2n) is 10.7. The van der Waals surface area contributed by atoms with E-state index < -0.39 is 24.2 Å². The van der Waals surface area contributed by atoms with Crippen LogP contribution in [0.15, 0.2) is 61.1 Å². The van der Waals surface area contributed by atoms with Crippen LogP contribution in [-0.2, 0) is 6.54 Å². The first-order valence-corrected chi connectivity index (χ1v) is 13.3. The summed E-state index contributed by atoms with van der Waals surface area (Å²) < 4.78 is 42.7. The molecule has 11 heteroatoms. The molecule has 208 valence electrons. The van der Waals surface area contributed by atoms with Gasteiger partial charge in [0, 0.05) is 49.0 Å². The minimum absolute atomic E-state index is 0.163. The first-order valence-electron chi connectivity index (χ1n) is 13.3. The number of aromatic nitrogens is 4. The van der Waals surface area contributed by atoms with E-state index in [0.29, 0.717) is 29.0 Å². The highest BCUT2D eigenvalue weighted by Gasteiger charge is 2.37. The number of hydrogen-bond acceptors (Lipinski definition) is 5. The summed E-state index contributed by atoms with van der Waals surface area (Å²) in [6, 6.07) is 14.5. The van der Waals surface area contributed by atoms with E-state index >= 15 is 0 Å². The molecular weight excluding hydrogens is 519 g/mol. The minimum atomic E-state index is -3.02. The van der Waals surface area contributed by atoms with Gasteiger partial charge in [-0.3, -0.25) is 9.69 Å². The summed E-state index contributed by atoms with van der Waals surface area (Å²) in [6.45, 7) is 2.17. The molecule has 4 aromatic rings. The lowest BCUT2D eigenvalue weighted by Gasteiger charge is -2.40. The van der Waals surface area contributed by atoms with Crippen molar-refractivity contribution in [1.29, 1.82) is 0 Å². The number of anilines is 2. The second kappa shape index (κ2) is 10.1. The summed E-state index contributed by atoms with van der Waals surface area (Å²) in [5.41, 5.74) is 3.07. The molecule has 1 amide bonds. The van der Waals surface area contributed by atoms with Crippen LogP contribution in [0.3, 0.4) is 0 Å². The number of carbonyl (C=O) groups excluding carboxylic acids is 1. The molecule has 0 aliphatic carbocycles. The van der Waals surface area contributed by atoms with Crippen LogP contribution in [0.4, 0.5) is 24.5 Å². The van der Waals surface area contributed by atoms with E-state index in [1.165, 1.54) is 54.2 Å². The van der Waals surface area contributed by atoms with Gasteiger partial charge in [-0.15, -0.1) is 0 Å². The fourth-order valence-electron chi connectivity index (χ4n) is 5.70. The molecule has 40 heavy (non-hydrogen) atoms. The molecule has 2 aliphatic rings. The highest BCUT2D eigenvalue weighted by molar-refractivity contribution is 6.03. The zero-order valence-electron chi connectivity index (χ0n) is 22.2. The van der Waals surface area contributed by atoms with Crippen molar-refractivity contribution in [2.24, 2.45) is 0 Å². The molecule has 2 N–H and O–H groups in total. The van der Waals surface area contributed by atoms with E-state index in [-0.39, 0.29) is 17.2 Å². The lowest BCUT2D eigenvalue weighted by molar-refractivity contribution is 0.00427. The third-order valence-corrected chi connectivity index (χ3v) is 7.79. The molecule has 0 radical (unpaired) electrons. The fraction of sp³-hybridized carbons (Fsp3) is 0.345. The molecule has 6 rings (SSSR count). The molecule has 2 aliphatic heterocycles. The minimum Gasteiger partial charge on any atom is -0.368 e. The van der Waals surface area contributed by atoms with Crippen molar-refractivity contribution in [3.05, 3.63) is 72.6 Å². The van der Waals surface area contributed by atoms with Gasteiger partial charge in [-0.2, -0.15) is 0 Å². The van der Waals surface area contributed by atoms with E-state index in [2.05, 4.69) is 37.1 Å². The van der Waals surface area contributed by atoms with E-state index in [9.17, 15) is 18.0 Å². The largest absolute Gasteiger partial charge is 0.368 e. The van der Waals surface area contributed by atoms with Gasteiger partial charge in [0.05, 0.1) is 24.8 Å². The fourth-order valence-corrected chi connectivity index (χ4v) is 5.70. The summed E-state index contributed by atoms with van der Waals surface area (Å²) in [4.78, 5) is 29.5. The van der Waals surface area contributed by atoms with E-state index in [4.69, 9.17) is 0 Å². The van der Waals surface area contributed by atoms with Gasteiger partial charge in [0.15, 0.2) is 5.82 Å². The number of likely N-dealkylation sites (N-methyl/N-ethyl adjacent to an activating group) is 1. The summed E-state index contributed by atoms with van der Waals surface area (Å²) in [6.07, 6.45) is 5.10. The number of imidazole rings is 2. The molecule has 2 atom stereocenters. The molecule has 2 fully saturated rings. The highest BCUT2D eigenvalue weighted by atomic mass is 19.3. The summed E-state index contributed by atoms with van der Waals surface area (Å²) in [7, 11) is 2.20. The predicted octanol–water partition coefficient (Wildman–Crippen LogP) is 5.27. The number of halogens is 3. The molecule has 2 saturated heterocycles. The average Bonchev–Trinajstić information content (AvgIpc) is 3.59. The number of fused-ring (bicyclic) bond motifs is 2. The first kappa shape index (κ1) is 26.1. The van der Waals surface area contributed by atoms with Crippen molar-refractivity contribution in [3.8, 4) is 22.8 Å². The number of alkyl halides is 2. The number of aromatic amines is 1. The molecule has 2 aromatic carbocycles. The van der Waals surface area contributed by atoms with Crippen LogP contribution in [0.1, 0.15) is 30.3 Å². The van der Waals surface area contributed by atoms with Crippen LogP contribution in [0.5, 0.6) is 0 Å². The molecule has 2 aromatic heterocycles. The first-order chi connectivity index (χ1) is 19.1. The number of amides is 1. The number of carbonyl (C=O) groups is 1. The number of benzene rings is 2. The van der Waals surface area contributed by atoms with Gasteiger partial charge in [0.1, 0.15) is 17.2 Å². The van der Waals surface area contributed by atoms with Gasteiger partial charge in [-0.05, 0) is 68.4 Å². The van der Waals surface area contributed by atoms with E-state index in [1.807, 2.05) is 24.3 Å². The standard InChI is InChI=1S/C29H30F3N7O/c1-29(31,32)16-39-17-34-25(18-3-5-19(30)6-4-18)26(39)27-33-13-24(36-27)28(40)35-20-7-9-21(10-8-20)38-14-22-11-12-23(15-38)37(22)2/h3-10,13,17,22-23H,11-12,14-16H2,1-2H3,(H,33,36)(H,35,40). The number of hydrogen-bond donors (Lipinski definition) is 2. The average molecular weight is 550 g/mol. The molecule has 0 spiro atoms. The Hall–Kier alpha value is -4.12. The van der Waals surface area contributed by atoms with Crippen LogP contribution in [0, 0.1) is 5.82 Å². The van der Waals surface area contributed by atoms with E-state index in [0.717, 1.165) is 25.7 Å². The molecule has 2 unspecified atom stereocenters. The van der Waals surface area contributed by atoms with E-state index in [1.54, 1.807) is 0 Å². The van der Waals surface area contributed by atoms with Crippen LogP contribution in [0.2, 0.25) is 0 Å². The Morgan fingerprint density at radius 1 is 1.05 bits per heavy atom. The van der Waals surface area contributed by atoms with Crippen LogP contribution in [0.25, 0.3) is 22.8 Å². The Kier molecular flexibility index (Phi) is 6.61. The SMILES string of the molecule is CN1C2CCC1CN(c1ccc(NC(=O)c3cnc(-c4c(-c5ccc(F)cc5)ncn4CC(C)(F)F)[nH]3)cc1)C2. The summed E-state index contributed by atoms with van der Waals surface area (Å²) in [5, 5.41) is 2.87. The van der Waals surface area contributed by atoms with Crippen molar-refractivity contribution in [2.75, 3.05) is 30.4 Å². The van der Waals surface area contributed by atoms with Crippen molar-refractivity contribution in [1.82, 2.24) is 24.4 Å². The Labute approximate surface area is 229 Å². The maximum Gasteiger partial charge on any atom is 0.273 e. The Morgan fingerprint density at radius 3 is 2.38 bits per heavy atom. The number of piperazine rings is 1. The van der Waals surface area contributed by atoms with Gasteiger partial charge < -0.3 is 19.8 Å². The molecule has 2 bridgehead atoms. The zero-order chi connectivity index (χ0) is 28.0. The molecule has 0 saturated carbocycles. The molecule has 4 heterocycles. The second-order valence-corrected chi connectivity index (χ2v) is 10.7. The Morgan fingerprint density at radius 2 is 1.73 bits per heavy atom. The van der Waals surface area contributed by atoms with Gasteiger partial charge in [0.25, 0.3) is 11.8 Å². The monoisotopic (exact) mass is 549 g/mol. The van der Waals surface area contributed by atoms with Crippen LogP contribution >= 0.6 is 0 Å². The Bertz CT molecular complexity index is 1490. The molecule has 8 nitrogen and oxygen atoms in total. The normalized spacial score (nSPS) is 19.3. The van der Waals surface area contributed by atoms with Crippen molar-refractivity contribution in [2.45, 2.75) is 44.3 Å². The van der Waals surface area contributed by atoms with Crippen molar-refractivity contribution >= 4 is 17.3 Å². The lowest BCUT2D eigenvalue weighted by Crippen LogP contribution is -2.52. The number of H-pyrrole nitrogens is 1. The maximum atomic E-state index is 14.0. The van der Waals surface area contributed by atoms with Gasteiger partial charge in [-0.1, -0.05) is 0 Å². The van der Waals surface area contributed by atoms with Gasteiger partial charge >= 0.3 is 0 Å². The molecular formula is C29H30F3N7O. The zero-order valence-corrected chi connectivity index (χ0v) is 22.2. The predicted molar refractivity (Wildman–Crippen MR) is 147 cm³/mol.